The van der Waals surface area contributed by atoms with Crippen LogP contribution in [-0.2, 0) is 4.79 Å². The van der Waals surface area contributed by atoms with E-state index in [4.69, 9.17) is 0 Å². The number of nitrogens with zero attached hydrogens (tertiary/aromatic N) is 1. The number of carbonyl (C=O) groups excluding carboxylic acids is 3. The zero-order valence-electron chi connectivity index (χ0n) is 15.3. The number of rotatable bonds is 5. The number of carbonyl (C=O) groups is 3. The second-order valence-corrected chi connectivity index (χ2v) is 7.53. The largest absolute Gasteiger partial charge is 0.344 e. The van der Waals surface area contributed by atoms with Gasteiger partial charge in [-0.3, -0.25) is 19.3 Å². The number of fused-ring (bicyclic) bond motifs is 1. The average molecular weight is 449 g/mol. The van der Waals surface area contributed by atoms with Gasteiger partial charge in [0.1, 0.15) is 6.54 Å². The van der Waals surface area contributed by atoms with Gasteiger partial charge in [0.15, 0.2) is 0 Å². The molecule has 0 saturated carbocycles. The van der Waals surface area contributed by atoms with Crippen molar-refractivity contribution in [1.82, 2.24) is 10.2 Å². The summed E-state index contributed by atoms with van der Waals surface area (Å²) < 4.78 is 0.856. The molecule has 4 rings (SSSR count). The van der Waals surface area contributed by atoms with Gasteiger partial charge in [-0.05, 0) is 29.3 Å². The Hall–Kier alpha value is -3.25. The van der Waals surface area contributed by atoms with Crippen LogP contribution in [0.4, 0.5) is 0 Å². The maximum atomic E-state index is 12.8. The van der Waals surface area contributed by atoms with E-state index in [-0.39, 0.29) is 6.54 Å². The van der Waals surface area contributed by atoms with Crippen molar-refractivity contribution in [2.24, 2.45) is 0 Å². The second kappa shape index (κ2) is 8.01. The van der Waals surface area contributed by atoms with Crippen LogP contribution in [0.2, 0.25) is 0 Å². The quantitative estimate of drug-likeness (QED) is 0.600. The van der Waals surface area contributed by atoms with Crippen LogP contribution >= 0.6 is 15.9 Å². The number of hydrogen-bond acceptors (Lipinski definition) is 3. The smallest absolute Gasteiger partial charge is 0.262 e. The summed E-state index contributed by atoms with van der Waals surface area (Å²) in [6.07, 6.45) is 0. The van der Waals surface area contributed by atoms with Gasteiger partial charge in [0, 0.05) is 4.47 Å². The Labute approximate surface area is 176 Å². The van der Waals surface area contributed by atoms with E-state index in [1.165, 1.54) is 0 Å². The van der Waals surface area contributed by atoms with Gasteiger partial charge in [-0.2, -0.15) is 0 Å². The highest BCUT2D eigenvalue weighted by molar-refractivity contribution is 9.10. The van der Waals surface area contributed by atoms with E-state index < -0.39 is 23.8 Å². The van der Waals surface area contributed by atoms with Crippen LogP contribution in [-0.4, -0.2) is 29.2 Å². The fraction of sp³-hybridized carbons (Fsp3) is 0.0870. The number of imide groups is 1. The standard InChI is InChI=1S/C23H17BrN2O3/c24-19-13-7-6-12-18(19)21(15-8-2-1-3-9-15)25-20(27)14-26-22(28)16-10-4-5-11-17(16)23(26)29/h1-13,21H,14H2,(H,25,27)/t21-/m0/s1. The van der Waals surface area contributed by atoms with Crippen LogP contribution in [0.3, 0.4) is 0 Å². The van der Waals surface area contributed by atoms with Crippen molar-refractivity contribution in [3.63, 3.8) is 0 Å². The molecule has 0 radical (unpaired) electrons. The first-order valence-electron chi connectivity index (χ1n) is 9.10. The third-order valence-corrected chi connectivity index (χ3v) is 5.56. The molecule has 0 unspecified atom stereocenters. The molecular formula is C23H17BrN2O3. The molecule has 0 aromatic heterocycles. The minimum absolute atomic E-state index is 0.329. The predicted molar refractivity (Wildman–Crippen MR) is 112 cm³/mol. The van der Waals surface area contributed by atoms with Crippen LogP contribution in [0.5, 0.6) is 0 Å². The lowest BCUT2D eigenvalue weighted by Crippen LogP contribution is -2.41. The van der Waals surface area contributed by atoms with Gasteiger partial charge in [0.2, 0.25) is 5.91 Å². The van der Waals surface area contributed by atoms with E-state index in [0.29, 0.717) is 11.1 Å². The maximum absolute atomic E-state index is 12.8. The summed E-state index contributed by atoms with van der Waals surface area (Å²) in [5.41, 5.74) is 2.44. The molecule has 1 N–H and O–H groups in total. The number of benzene rings is 3. The number of nitrogens with one attached hydrogen (secondary N) is 1. The molecule has 0 spiro atoms. The Morgan fingerprint density at radius 2 is 1.38 bits per heavy atom. The SMILES string of the molecule is O=C(CN1C(=O)c2ccccc2C1=O)N[C@@H](c1ccccc1)c1ccccc1Br. The molecule has 0 aliphatic carbocycles. The van der Waals surface area contributed by atoms with Crippen molar-refractivity contribution in [2.75, 3.05) is 6.54 Å². The Kier molecular flexibility index (Phi) is 5.27. The molecule has 29 heavy (non-hydrogen) atoms. The first kappa shape index (κ1) is 19.1. The van der Waals surface area contributed by atoms with E-state index in [2.05, 4.69) is 21.2 Å². The summed E-state index contributed by atoms with van der Waals surface area (Å²) in [5, 5.41) is 2.97. The van der Waals surface area contributed by atoms with Gasteiger partial charge < -0.3 is 5.32 Å². The molecule has 1 aliphatic rings. The summed E-state index contributed by atoms with van der Waals surface area (Å²) in [7, 11) is 0. The highest BCUT2D eigenvalue weighted by Gasteiger charge is 2.36. The van der Waals surface area contributed by atoms with Crippen LogP contribution in [0.25, 0.3) is 0 Å². The van der Waals surface area contributed by atoms with E-state index in [1.807, 2.05) is 54.6 Å². The molecule has 0 bridgehead atoms. The van der Waals surface area contributed by atoms with Gasteiger partial charge in [0.05, 0.1) is 17.2 Å². The molecule has 0 saturated heterocycles. The third kappa shape index (κ3) is 3.71. The van der Waals surface area contributed by atoms with Crippen molar-refractivity contribution >= 4 is 33.7 Å². The van der Waals surface area contributed by atoms with Gasteiger partial charge in [-0.1, -0.05) is 76.6 Å². The lowest BCUT2D eigenvalue weighted by molar-refractivity contribution is -0.121. The Morgan fingerprint density at radius 3 is 2.00 bits per heavy atom. The second-order valence-electron chi connectivity index (χ2n) is 6.67. The van der Waals surface area contributed by atoms with Crippen molar-refractivity contribution in [3.05, 3.63) is 106 Å². The lowest BCUT2D eigenvalue weighted by Gasteiger charge is -2.22. The fourth-order valence-electron chi connectivity index (χ4n) is 3.43. The van der Waals surface area contributed by atoms with Crippen molar-refractivity contribution in [1.29, 1.82) is 0 Å². The fourth-order valence-corrected chi connectivity index (χ4v) is 3.94. The summed E-state index contributed by atoms with van der Waals surface area (Å²) in [6, 6.07) is 23.3. The molecule has 1 heterocycles. The summed E-state index contributed by atoms with van der Waals surface area (Å²) in [5.74, 6) is -1.31. The molecule has 1 atom stereocenters. The summed E-state index contributed by atoms with van der Waals surface area (Å²) in [6.45, 7) is -0.333. The molecular weight excluding hydrogens is 432 g/mol. The molecule has 5 nitrogen and oxygen atoms in total. The first-order valence-corrected chi connectivity index (χ1v) is 9.89. The van der Waals surface area contributed by atoms with Gasteiger partial charge in [-0.15, -0.1) is 0 Å². The van der Waals surface area contributed by atoms with Crippen LogP contribution in [0.15, 0.2) is 83.3 Å². The summed E-state index contributed by atoms with van der Waals surface area (Å²) in [4.78, 5) is 38.9. The van der Waals surface area contributed by atoms with E-state index in [0.717, 1.165) is 20.5 Å². The molecule has 3 aromatic rings. The summed E-state index contributed by atoms with van der Waals surface area (Å²) >= 11 is 3.54. The van der Waals surface area contributed by atoms with Crippen LogP contribution in [0, 0.1) is 0 Å². The highest BCUT2D eigenvalue weighted by Crippen LogP contribution is 2.29. The van der Waals surface area contributed by atoms with Gasteiger partial charge in [-0.25, -0.2) is 0 Å². The minimum Gasteiger partial charge on any atom is -0.344 e. The zero-order chi connectivity index (χ0) is 20.4. The van der Waals surface area contributed by atoms with Crippen molar-refractivity contribution in [3.8, 4) is 0 Å². The Morgan fingerprint density at radius 1 is 0.828 bits per heavy atom. The van der Waals surface area contributed by atoms with E-state index >= 15 is 0 Å². The van der Waals surface area contributed by atoms with Gasteiger partial charge >= 0.3 is 0 Å². The van der Waals surface area contributed by atoms with Crippen molar-refractivity contribution < 1.29 is 14.4 Å². The topological polar surface area (TPSA) is 66.5 Å². The van der Waals surface area contributed by atoms with Gasteiger partial charge in [0.25, 0.3) is 11.8 Å². The number of halogens is 1. The van der Waals surface area contributed by atoms with Crippen molar-refractivity contribution in [2.45, 2.75) is 6.04 Å². The zero-order valence-corrected chi connectivity index (χ0v) is 16.9. The molecule has 1 aliphatic heterocycles. The molecule has 3 amide bonds. The highest BCUT2D eigenvalue weighted by atomic mass is 79.9. The number of hydrogen-bond donors (Lipinski definition) is 1. The molecule has 0 fully saturated rings. The maximum Gasteiger partial charge on any atom is 0.262 e. The monoisotopic (exact) mass is 448 g/mol. The Balaban J connectivity index is 1.58. The molecule has 6 heteroatoms. The van der Waals surface area contributed by atoms with E-state index in [1.54, 1.807) is 24.3 Å². The lowest BCUT2D eigenvalue weighted by atomic mass is 9.98. The van der Waals surface area contributed by atoms with Crippen LogP contribution < -0.4 is 5.32 Å². The third-order valence-electron chi connectivity index (χ3n) is 4.83. The number of amides is 3. The molecule has 3 aromatic carbocycles. The molecule has 144 valence electrons. The Bertz CT molecular complexity index is 1060. The average Bonchev–Trinajstić information content (AvgIpc) is 2.98. The normalized spacial score (nSPS) is 13.9. The predicted octanol–water partition coefficient (Wildman–Crippen LogP) is 3.95. The minimum atomic E-state index is -0.446. The van der Waals surface area contributed by atoms with Crippen LogP contribution in [0.1, 0.15) is 37.9 Å². The first-order chi connectivity index (χ1) is 14.1. The van der Waals surface area contributed by atoms with E-state index in [9.17, 15) is 14.4 Å².